The minimum atomic E-state index is -4.79. The van der Waals surface area contributed by atoms with Gasteiger partial charge in [0.2, 0.25) is 0 Å². The number of benzene rings is 2. The molecule has 22 heavy (non-hydrogen) atoms. The lowest BCUT2D eigenvalue weighted by Crippen LogP contribution is -2.07. The van der Waals surface area contributed by atoms with Gasteiger partial charge in [0.1, 0.15) is 0 Å². The third-order valence-electron chi connectivity index (χ3n) is 3.18. The van der Waals surface area contributed by atoms with E-state index in [1.165, 1.54) is 26.6 Å². The maximum Gasteiger partial charge on any atom is 0.419 e. The molecule has 118 valence electrons. The van der Waals surface area contributed by atoms with E-state index < -0.39 is 23.4 Å². The molecule has 0 aliphatic rings. The molecule has 0 N–H and O–H groups in total. The van der Waals surface area contributed by atoms with Crippen LogP contribution in [-0.4, -0.2) is 7.11 Å². The van der Waals surface area contributed by atoms with Crippen molar-refractivity contribution in [2.75, 3.05) is 7.11 Å². The van der Waals surface area contributed by atoms with Crippen molar-refractivity contribution in [1.29, 1.82) is 0 Å². The minimum absolute atomic E-state index is 0.0366. The van der Waals surface area contributed by atoms with Crippen molar-refractivity contribution >= 4 is 31.5 Å². The van der Waals surface area contributed by atoms with Gasteiger partial charge in [-0.05, 0) is 18.2 Å². The van der Waals surface area contributed by atoms with Gasteiger partial charge in [0.25, 0.3) is 0 Å². The molecule has 0 aliphatic carbocycles. The highest BCUT2D eigenvalue weighted by Gasteiger charge is 2.35. The molecule has 7 heteroatoms. The van der Waals surface area contributed by atoms with Crippen molar-refractivity contribution in [2.45, 2.75) is 13.6 Å². The summed E-state index contributed by atoms with van der Waals surface area (Å²) >= 11 is 0.645. The van der Waals surface area contributed by atoms with Crippen LogP contribution < -0.4 is 4.74 Å². The Morgan fingerprint density at radius 2 is 1.55 bits per heavy atom. The van der Waals surface area contributed by atoms with Gasteiger partial charge in [-0.25, -0.2) is 8.78 Å². The summed E-state index contributed by atoms with van der Waals surface area (Å²) in [6.45, 7) is 0. The summed E-state index contributed by atoms with van der Waals surface area (Å²) < 4.78 is 76.7. The zero-order valence-electron chi connectivity index (χ0n) is 12.5. The van der Waals surface area contributed by atoms with Crippen LogP contribution in [0.15, 0.2) is 24.3 Å². The molecule has 0 saturated carbocycles. The van der Waals surface area contributed by atoms with Crippen LogP contribution in [-0.2, 0) is 6.18 Å². The molecule has 0 fully saturated rings. The largest absolute Gasteiger partial charge is 0.494 e. The van der Waals surface area contributed by atoms with Crippen molar-refractivity contribution in [3.63, 3.8) is 0 Å². The van der Waals surface area contributed by atoms with Crippen LogP contribution in [0.3, 0.4) is 0 Å². The molecule has 0 unspecified atom stereocenters. The zero-order chi connectivity index (χ0) is 17.4. The highest BCUT2D eigenvalue weighted by Crippen LogP contribution is 2.42. The Labute approximate surface area is 128 Å². The molecule has 0 spiro atoms. The lowest BCUT2D eigenvalue weighted by atomic mass is 10.1. The molecule has 1 aromatic heterocycles. The third kappa shape index (κ3) is 2.29. The first-order valence-corrected chi connectivity index (χ1v) is 6.60. The van der Waals surface area contributed by atoms with E-state index in [1.807, 2.05) is 0 Å². The van der Waals surface area contributed by atoms with E-state index in [9.17, 15) is 22.0 Å². The van der Waals surface area contributed by atoms with Crippen LogP contribution >= 0.6 is 11.3 Å². The smallest absolute Gasteiger partial charge is 0.419 e. The second-order valence-electron chi connectivity index (χ2n) is 4.36. The SMILES string of the molecule is COc1ccc2c(sc3c(F)c(C(F)(F)F)ccc32)c1F.[3H]C. The van der Waals surface area contributed by atoms with Crippen molar-refractivity contribution < 1.29 is 28.1 Å². The topological polar surface area (TPSA) is 9.23 Å². The van der Waals surface area contributed by atoms with E-state index in [1.54, 1.807) is 0 Å². The Bertz CT molecular complexity index is 857. The van der Waals surface area contributed by atoms with Crippen molar-refractivity contribution in [3.05, 3.63) is 41.5 Å². The van der Waals surface area contributed by atoms with Gasteiger partial charge in [-0.1, -0.05) is 13.5 Å². The summed E-state index contributed by atoms with van der Waals surface area (Å²) in [4.78, 5) is 0. The molecule has 3 aromatic rings. The van der Waals surface area contributed by atoms with E-state index in [0.717, 1.165) is 6.07 Å². The minimum Gasteiger partial charge on any atom is -0.494 e. The summed E-state index contributed by atoms with van der Waals surface area (Å²) in [5.41, 5.74) is -1.35. The Morgan fingerprint density at radius 3 is 2.09 bits per heavy atom. The summed E-state index contributed by atoms with van der Waals surface area (Å²) in [6, 6.07) is 4.69. The second-order valence-corrected chi connectivity index (χ2v) is 5.38. The molecule has 3 rings (SSSR count). The van der Waals surface area contributed by atoms with Gasteiger partial charge >= 0.3 is 6.18 Å². The summed E-state index contributed by atoms with van der Waals surface area (Å²) in [5.74, 6) is -2.12. The van der Waals surface area contributed by atoms with E-state index in [0.29, 0.717) is 22.8 Å². The average Bonchev–Trinajstić information content (AvgIpc) is 2.89. The predicted molar refractivity (Wildman–Crippen MR) is 77.5 cm³/mol. The van der Waals surface area contributed by atoms with Crippen LogP contribution in [0, 0.1) is 11.6 Å². The van der Waals surface area contributed by atoms with Gasteiger partial charge < -0.3 is 4.74 Å². The lowest BCUT2D eigenvalue weighted by Gasteiger charge is -2.07. The highest BCUT2D eigenvalue weighted by atomic mass is 32.1. The van der Waals surface area contributed by atoms with Gasteiger partial charge in [0.05, 0.1) is 22.1 Å². The summed E-state index contributed by atoms with van der Waals surface area (Å²) in [7, 11) is 2.53. The molecule has 0 bridgehead atoms. The number of rotatable bonds is 1. The molecule has 0 amide bonds. The third-order valence-corrected chi connectivity index (χ3v) is 4.38. The number of methoxy groups -OCH3 is 1. The number of hydrogen-bond donors (Lipinski definition) is 0. The van der Waals surface area contributed by atoms with Crippen molar-refractivity contribution in [2.24, 2.45) is 0 Å². The normalized spacial score (nSPS) is 12.0. The Balaban J connectivity index is 0.000000924. The highest BCUT2D eigenvalue weighted by molar-refractivity contribution is 7.25. The van der Waals surface area contributed by atoms with Crippen molar-refractivity contribution in [1.82, 2.24) is 0 Å². The first-order chi connectivity index (χ1) is 10.8. The van der Waals surface area contributed by atoms with E-state index >= 15 is 0 Å². The maximum atomic E-state index is 14.1. The molecule has 2 aromatic carbocycles. The first-order valence-electron chi connectivity index (χ1n) is 6.79. The molecule has 1 nitrogen and oxygen atoms in total. The molecule has 0 radical (unpaired) electrons. The molecule has 1 heterocycles. The number of alkyl halides is 3. The van der Waals surface area contributed by atoms with Gasteiger partial charge in [-0.3, -0.25) is 0 Å². The van der Waals surface area contributed by atoms with Crippen molar-refractivity contribution in [3.8, 4) is 5.75 Å². The number of ether oxygens (including phenoxy) is 1. The first kappa shape index (κ1) is 15.0. The zero-order valence-corrected chi connectivity index (χ0v) is 12.3. The van der Waals surface area contributed by atoms with Gasteiger partial charge in [-0.15, -0.1) is 11.3 Å². The number of thiophene rings is 1. The van der Waals surface area contributed by atoms with E-state index in [-0.39, 0.29) is 20.5 Å². The van der Waals surface area contributed by atoms with Crippen LogP contribution in [0.5, 0.6) is 5.75 Å². The van der Waals surface area contributed by atoms with Gasteiger partial charge in [0, 0.05) is 12.1 Å². The van der Waals surface area contributed by atoms with Crippen LogP contribution in [0.2, 0.25) is 0 Å². The molecule has 0 saturated heterocycles. The Kier molecular flexibility index (Phi) is 3.68. The fourth-order valence-electron chi connectivity index (χ4n) is 2.20. The standard InChI is InChI=1S/C14H7F5OS.CH4/c1-20-9-5-3-7-6-2-4-8(14(17,18)19)10(15)12(6)21-13(7)11(9)16;/h2-5H,1H3;1H4/i;1T. The Hall–Kier alpha value is -1.89. The summed E-state index contributed by atoms with van der Waals surface area (Å²) in [6.07, 6.45) is -4.79. The average molecular weight is 336 g/mol. The monoisotopic (exact) mass is 336 g/mol. The Morgan fingerprint density at radius 1 is 1.00 bits per heavy atom. The molecule has 0 atom stereocenters. The summed E-state index contributed by atoms with van der Waals surface area (Å²) in [5, 5.41) is 0.614. The molecule has 0 aliphatic heterocycles. The van der Waals surface area contributed by atoms with E-state index in [4.69, 9.17) is 6.11 Å². The molecular formula is C15H11F5OS. The maximum absolute atomic E-state index is 14.1. The fourth-order valence-corrected chi connectivity index (χ4v) is 3.37. The van der Waals surface area contributed by atoms with Crippen LogP contribution in [0.25, 0.3) is 20.2 Å². The van der Waals surface area contributed by atoms with Crippen LogP contribution in [0.1, 0.15) is 14.3 Å². The predicted octanol–water partition coefficient (Wildman–Crippen LogP) is 6.00. The van der Waals surface area contributed by atoms with Crippen LogP contribution in [0.4, 0.5) is 22.0 Å². The fraction of sp³-hybridized carbons (Fsp3) is 0.200. The number of halogens is 5. The van der Waals surface area contributed by atoms with E-state index in [2.05, 4.69) is 0 Å². The second kappa shape index (κ2) is 5.39. The molecular weight excluding hydrogens is 323 g/mol. The van der Waals surface area contributed by atoms with Gasteiger partial charge in [-0.2, -0.15) is 13.2 Å². The number of fused-ring (bicyclic) bond motifs is 3. The quantitative estimate of drug-likeness (QED) is 0.496. The number of hydrogen-bond acceptors (Lipinski definition) is 2. The lowest BCUT2D eigenvalue weighted by molar-refractivity contribution is -0.139. The van der Waals surface area contributed by atoms with Gasteiger partial charge in [0.15, 0.2) is 17.4 Å².